The summed E-state index contributed by atoms with van der Waals surface area (Å²) in [5.41, 5.74) is -6.13. The quantitative estimate of drug-likeness (QED) is 0.117. The minimum Gasteiger partial charge on any atom is -0.347 e. The van der Waals surface area contributed by atoms with Gasteiger partial charge in [0.15, 0.2) is 15.0 Å². The molecular formula is C26H23F7N2O3S2. The predicted molar refractivity (Wildman–Crippen MR) is 133 cm³/mol. The average molecular weight is 609 g/mol. The molecule has 1 saturated carbocycles. The molecule has 0 saturated heterocycles. The maximum absolute atomic E-state index is 14.3. The van der Waals surface area contributed by atoms with Crippen LogP contribution in [0.25, 0.3) is 0 Å². The van der Waals surface area contributed by atoms with Gasteiger partial charge in [-0.15, -0.1) is 0 Å². The summed E-state index contributed by atoms with van der Waals surface area (Å²) < 4.78 is 130. The predicted octanol–water partition coefficient (Wildman–Crippen LogP) is 7.12. The first-order valence-corrected chi connectivity index (χ1v) is 14.6. The van der Waals surface area contributed by atoms with E-state index in [0.717, 1.165) is 54.2 Å². The van der Waals surface area contributed by atoms with Gasteiger partial charge in [-0.05, 0) is 55.0 Å². The van der Waals surface area contributed by atoms with E-state index in [-0.39, 0.29) is 34.2 Å². The molecular weight excluding hydrogens is 585 g/mol. The van der Waals surface area contributed by atoms with Gasteiger partial charge in [0.25, 0.3) is 5.60 Å². The Labute approximate surface area is 230 Å². The number of thioether (sulfide) groups is 1. The molecule has 0 bridgehead atoms. The van der Waals surface area contributed by atoms with E-state index in [1.54, 1.807) is 6.26 Å². The van der Waals surface area contributed by atoms with E-state index in [9.17, 15) is 39.2 Å². The Morgan fingerprint density at radius 3 is 2.00 bits per heavy atom. The summed E-state index contributed by atoms with van der Waals surface area (Å²) in [5.74, 6) is -0.661. The van der Waals surface area contributed by atoms with Gasteiger partial charge in [0.1, 0.15) is 10.6 Å². The average Bonchev–Trinajstić information content (AvgIpc) is 3.40. The van der Waals surface area contributed by atoms with Crippen LogP contribution in [0.3, 0.4) is 0 Å². The molecule has 1 aliphatic carbocycles. The van der Waals surface area contributed by atoms with Gasteiger partial charge in [-0.1, -0.05) is 48.9 Å². The highest BCUT2D eigenvalue weighted by molar-refractivity contribution is 7.98. The van der Waals surface area contributed by atoms with Crippen LogP contribution >= 0.6 is 11.8 Å². The molecule has 1 heterocycles. The van der Waals surface area contributed by atoms with E-state index in [1.807, 2.05) is 0 Å². The molecule has 0 spiro atoms. The van der Waals surface area contributed by atoms with Crippen molar-refractivity contribution in [3.63, 3.8) is 0 Å². The van der Waals surface area contributed by atoms with Gasteiger partial charge in [0.05, 0.1) is 17.2 Å². The fourth-order valence-electron chi connectivity index (χ4n) is 4.98. The summed E-state index contributed by atoms with van der Waals surface area (Å²) in [6.45, 7) is -1.13. The van der Waals surface area contributed by atoms with Gasteiger partial charge in [-0.2, -0.15) is 26.3 Å². The second-order valence-electron chi connectivity index (χ2n) is 9.24. The van der Waals surface area contributed by atoms with Crippen molar-refractivity contribution in [3.8, 4) is 0 Å². The summed E-state index contributed by atoms with van der Waals surface area (Å²) in [7, 11) is -4.19. The number of halogens is 7. The van der Waals surface area contributed by atoms with E-state index in [4.69, 9.17) is 0 Å². The molecule has 216 valence electrons. The third-order valence-electron chi connectivity index (χ3n) is 6.98. The SMILES string of the molecule is CSc1nccc(COC(c2ccc(C3(S(=O)(=O)c4ccc(F)cc4)CCCC3)cc2)(C(F)(F)F)C(F)(F)F)n1. The molecule has 1 fully saturated rings. The molecule has 14 heteroatoms. The van der Waals surface area contributed by atoms with Crippen molar-refractivity contribution in [3.05, 3.63) is 83.4 Å². The Hall–Kier alpha value is -2.71. The monoisotopic (exact) mass is 608 g/mol. The Morgan fingerprint density at radius 2 is 1.48 bits per heavy atom. The van der Waals surface area contributed by atoms with Gasteiger partial charge in [-0.3, -0.25) is 0 Å². The zero-order valence-electron chi connectivity index (χ0n) is 20.9. The van der Waals surface area contributed by atoms with Crippen LogP contribution in [0.1, 0.15) is 42.5 Å². The smallest absolute Gasteiger partial charge is 0.347 e. The van der Waals surface area contributed by atoms with Crippen LogP contribution in [0.4, 0.5) is 30.7 Å². The number of nitrogens with zero attached hydrogens (tertiary/aromatic N) is 2. The zero-order valence-corrected chi connectivity index (χ0v) is 22.5. The lowest BCUT2D eigenvalue weighted by Gasteiger charge is -2.38. The number of ether oxygens (including phenoxy) is 1. The van der Waals surface area contributed by atoms with E-state index < -0.39 is 50.5 Å². The molecule has 0 N–H and O–H groups in total. The van der Waals surface area contributed by atoms with Gasteiger partial charge < -0.3 is 4.74 Å². The number of hydrogen-bond acceptors (Lipinski definition) is 6. The number of hydrogen-bond donors (Lipinski definition) is 0. The molecule has 3 aromatic rings. The summed E-state index contributed by atoms with van der Waals surface area (Å²) in [6, 6.07) is 8.38. The van der Waals surface area contributed by atoms with Crippen LogP contribution in [0, 0.1) is 5.82 Å². The molecule has 1 aliphatic rings. The van der Waals surface area contributed by atoms with Gasteiger partial charge >= 0.3 is 12.4 Å². The van der Waals surface area contributed by atoms with Crippen molar-refractivity contribution in [1.82, 2.24) is 9.97 Å². The van der Waals surface area contributed by atoms with Crippen molar-refractivity contribution in [2.75, 3.05) is 6.26 Å². The standard InChI is InChI=1S/C26H23F7N2O3S2/c1-39-22-34-15-12-20(35-22)16-38-24(25(28,29)30,26(31,32)33)18-6-4-17(5-7-18)23(13-2-3-14-23)40(36,37)21-10-8-19(27)9-11-21/h4-12,15H,2-3,13-14,16H2,1H3. The lowest BCUT2D eigenvalue weighted by molar-refractivity contribution is -0.392. The third-order valence-corrected chi connectivity index (χ3v) is 10.1. The summed E-state index contributed by atoms with van der Waals surface area (Å²) >= 11 is 1.05. The molecule has 0 atom stereocenters. The van der Waals surface area contributed by atoms with Crippen molar-refractivity contribution >= 4 is 21.6 Å². The molecule has 5 nitrogen and oxygen atoms in total. The summed E-state index contributed by atoms with van der Waals surface area (Å²) in [6.07, 6.45) is -7.97. The summed E-state index contributed by atoms with van der Waals surface area (Å²) in [5, 5.41) is 0.138. The fraction of sp³-hybridized carbons (Fsp3) is 0.385. The van der Waals surface area contributed by atoms with E-state index in [1.165, 1.54) is 6.20 Å². The third kappa shape index (κ3) is 5.20. The first-order chi connectivity index (χ1) is 18.7. The number of alkyl halides is 6. The molecule has 2 aromatic carbocycles. The van der Waals surface area contributed by atoms with Crippen LogP contribution in [-0.2, 0) is 31.5 Å². The highest BCUT2D eigenvalue weighted by Crippen LogP contribution is 2.54. The van der Waals surface area contributed by atoms with Crippen molar-refractivity contribution in [1.29, 1.82) is 0 Å². The van der Waals surface area contributed by atoms with Crippen molar-refractivity contribution in [2.24, 2.45) is 0 Å². The minimum atomic E-state index is -5.94. The molecule has 0 aliphatic heterocycles. The number of rotatable bonds is 8. The molecule has 0 amide bonds. The maximum Gasteiger partial charge on any atom is 0.430 e. The Kier molecular flexibility index (Phi) is 8.27. The first kappa shape index (κ1) is 30.3. The zero-order chi connectivity index (χ0) is 29.4. The molecule has 4 rings (SSSR count). The number of aromatic nitrogens is 2. The number of benzene rings is 2. The first-order valence-electron chi connectivity index (χ1n) is 11.9. The highest BCUT2D eigenvalue weighted by Gasteiger charge is 2.73. The Balaban J connectivity index is 1.79. The largest absolute Gasteiger partial charge is 0.430 e. The van der Waals surface area contributed by atoms with E-state index >= 15 is 0 Å². The van der Waals surface area contributed by atoms with Gasteiger partial charge in [0, 0.05) is 11.8 Å². The molecule has 0 radical (unpaired) electrons. The van der Waals surface area contributed by atoms with Crippen LogP contribution in [0.2, 0.25) is 0 Å². The van der Waals surface area contributed by atoms with Crippen LogP contribution in [0.5, 0.6) is 0 Å². The normalized spacial score (nSPS) is 16.3. The molecule has 0 unspecified atom stereocenters. The number of sulfone groups is 1. The topological polar surface area (TPSA) is 69.2 Å². The maximum atomic E-state index is 14.3. The Morgan fingerprint density at radius 1 is 0.900 bits per heavy atom. The Bertz CT molecular complexity index is 1420. The van der Waals surface area contributed by atoms with E-state index in [0.29, 0.717) is 25.0 Å². The van der Waals surface area contributed by atoms with E-state index in [2.05, 4.69) is 14.7 Å². The summed E-state index contributed by atoms with van der Waals surface area (Å²) in [4.78, 5) is 7.54. The minimum absolute atomic E-state index is 0.0386. The van der Waals surface area contributed by atoms with Crippen LogP contribution in [0.15, 0.2) is 70.8 Å². The second kappa shape index (κ2) is 10.9. The van der Waals surface area contributed by atoms with Crippen molar-refractivity contribution < 1.29 is 43.9 Å². The molecule has 40 heavy (non-hydrogen) atoms. The van der Waals surface area contributed by atoms with Gasteiger partial charge in [-0.25, -0.2) is 22.8 Å². The van der Waals surface area contributed by atoms with Gasteiger partial charge in [0.2, 0.25) is 0 Å². The second-order valence-corrected chi connectivity index (χ2v) is 12.3. The highest BCUT2D eigenvalue weighted by atomic mass is 32.2. The fourth-order valence-corrected chi connectivity index (χ4v) is 7.57. The van der Waals surface area contributed by atoms with Crippen LogP contribution in [-0.4, -0.2) is 37.0 Å². The van der Waals surface area contributed by atoms with Crippen LogP contribution < -0.4 is 0 Å². The molecule has 1 aromatic heterocycles. The van der Waals surface area contributed by atoms with Crippen molar-refractivity contribution in [2.45, 2.75) is 65.0 Å². The lowest BCUT2D eigenvalue weighted by Crippen LogP contribution is -2.55. The lowest BCUT2D eigenvalue weighted by atomic mass is 9.88.